The zero-order valence-corrected chi connectivity index (χ0v) is 10.1. The predicted octanol–water partition coefficient (Wildman–Crippen LogP) is -0.299. The highest BCUT2D eigenvalue weighted by Crippen LogP contribution is 2.09. The van der Waals surface area contributed by atoms with Crippen LogP contribution in [0.1, 0.15) is 27.9 Å². The molecule has 98 valence electrons. The maximum atomic E-state index is 11.6. The highest BCUT2D eigenvalue weighted by atomic mass is 16.5. The maximum absolute atomic E-state index is 11.6. The van der Waals surface area contributed by atoms with E-state index in [1.54, 1.807) is 0 Å². The maximum Gasteiger partial charge on any atom is 0.361 e. The molecule has 9 heteroatoms. The Morgan fingerprint density at radius 3 is 2.44 bits per heavy atom. The molecule has 0 spiro atoms. The molecule has 1 heterocycles. The smallest absolute Gasteiger partial charge is 0.361 e. The van der Waals surface area contributed by atoms with E-state index in [9.17, 15) is 9.59 Å². The van der Waals surface area contributed by atoms with Crippen LogP contribution >= 0.6 is 0 Å². The quantitative estimate of drug-likeness (QED) is 0.340. The fourth-order valence-corrected chi connectivity index (χ4v) is 1.20. The molecule has 0 aliphatic heterocycles. The van der Waals surface area contributed by atoms with Crippen LogP contribution in [0.2, 0.25) is 0 Å². The molecule has 0 saturated carbocycles. The summed E-state index contributed by atoms with van der Waals surface area (Å²) in [6.07, 6.45) is 0. The average molecular weight is 256 g/mol. The monoisotopic (exact) mass is 256 g/mol. The van der Waals surface area contributed by atoms with Gasteiger partial charge in [-0.1, -0.05) is 10.4 Å². The number of carbonyl (C=O) groups is 2. The van der Waals surface area contributed by atoms with E-state index in [0.29, 0.717) is 0 Å². The van der Waals surface area contributed by atoms with Crippen molar-refractivity contribution in [3.8, 4) is 0 Å². The van der Waals surface area contributed by atoms with Gasteiger partial charge in [0.15, 0.2) is 5.69 Å². The number of nitrogens with zero attached hydrogens (tertiary/aromatic N) is 4. The number of aromatic nitrogens is 3. The summed E-state index contributed by atoms with van der Waals surface area (Å²) in [7, 11) is 2.32. The van der Waals surface area contributed by atoms with Crippen LogP contribution in [0.5, 0.6) is 0 Å². The second kappa shape index (κ2) is 5.75. The molecular weight excluding hydrogens is 244 g/mol. The first-order valence-corrected chi connectivity index (χ1v) is 4.82. The van der Waals surface area contributed by atoms with Gasteiger partial charge in [0.2, 0.25) is 5.69 Å². The number of rotatable bonds is 4. The minimum absolute atomic E-state index is 0.00900. The summed E-state index contributed by atoms with van der Waals surface area (Å²) < 4.78 is 10.1. The molecule has 0 aliphatic carbocycles. The Labute approximate surface area is 102 Å². The summed E-state index contributed by atoms with van der Waals surface area (Å²) in [5.41, 5.74) is -0.135. The molecule has 9 nitrogen and oxygen atoms in total. The summed E-state index contributed by atoms with van der Waals surface area (Å²) in [5.74, 6) is -1.59. The molecule has 18 heavy (non-hydrogen) atoms. The van der Waals surface area contributed by atoms with E-state index in [4.69, 9.17) is 5.21 Å². The Bertz CT molecular complexity index is 493. The van der Waals surface area contributed by atoms with Crippen LogP contribution in [0.15, 0.2) is 5.16 Å². The van der Waals surface area contributed by atoms with Gasteiger partial charge in [0.1, 0.15) is 0 Å². The third kappa shape index (κ3) is 2.62. The molecule has 0 radical (unpaired) electrons. The Morgan fingerprint density at radius 2 is 1.94 bits per heavy atom. The second-order valence-electron chi connectivity index (χ2n) is 3.26. The molecule has 0 unspecified atom stereocenters. The van der Waals surface area contributed by atoms with E-state index < -0.39 is 11.9 Å². The standard InChI is InChI=1S/C9H12N4O5/c1-5(11-16)4-13-7(9(15)18-3)6(10-12-13)8(14)17-2/h16H,4H2,1-3H3. The van der Waals surface area contributed by atoms with Crippen molar-refractivity contribution in [1.82, 2.24) is 15.0 Å². The lowest BCUT2D eigenvalue weighted by Gasteiger charge is -2.04. The number of methoxy groups -OCH3 is 2. The zero-order chi connectivity index (χ0) is 13.7. The first-order chi connectivity index (χ1) is 8.54. The van der Waals surface area contributed by atoms with E-state index >= 15 is 0 Å². The van der Waals surface area contributed by atoms with Gasteiger partial charge in [-0.15, -0.1) is 5.10 Å². The van der Waals surface area contributed by atoms with Crippen molar-refractivity contribution in [1.29, 1.82) is 0 Å². The van der Waals surface area contributed by atoms with E-state index in [-0.39, 0.29) is 23.6 Å². The normalized spacial score (nSPS) is 11.2. The van der Waals surface area contributed by atoms with Gasteiger partial charge in [-0.05, 0) is 6.92 Å². The topological polar surface area (TPSA) is 116 Å². The average Bonchev–Trinajstić information content (AvgIpc) is 2.80. The fraction of sp³-hybridized carbons (Fsp3) is 0.444. The summed E-state index contributed by atoms with van der Waals surface area (Å²) in [6.45, 7) is 1.51. The Morgan fingerprint density at radius 1 is 1.33 bits per heavy atom. The number of carbonyl (C=O) groups excluding carboxylic acids is 2. The largest absolute Gasteiger partial charge is 0.464 e. The van der Waals surface area contributed by atoms with Crippen molar-refractivity contribution in [2.75, 3.05) is 14.2 Å². The van der Waals surface area contributed by atoms with E-state index in [0.717, 1.165) is 18.9 Å². The van der Waals surface area contributed by atoms with Gasteiger partial charge in [-0.25, -0.2) is 14.3 Å². The first-order valence-electron chi connectivity index (χ1n) is 4.82. The van der Waals surface area contributed by atoms with Crippen molar-refractivity contribution in [2.45, 2.75) is 13.5 Å². The number of hydrogen-bond donors (Lipinski definition) is 1. The van der Waals surface area contributed by atoms with Crippen LogP contribution in [0.4, 0.5) is 0 Å². The summed E-state index contributed by atoms with van der Waals surface area (Å²) in [5, 5.41) is 18.7. The number of ether oxygens (including phenoxy) is 2. The molecule has 0 fully saturated rings. The van der Waals surface area contributed by atoms with Crippen molar-refractivity contribution >= 4 is 17.7 Å². The molecule has 0 aromatic carbocycles. The first kappa shape index (κ1) is 13.6. The van der Waals surface area contributed by atoms with Crippen LogP contribution in [0.25, 0.3) is 0 Å². The summed E-state index contributed by atoms with van der Waals surface area (Å²) >= 11 is 0. The van der Waals surface area contributed by atoms with Crippen molar-refractivity contribution < 1.29 is 24.3 Å². The van der Waals surface area contributed by atoms with Gasteiger partial charge in [0.25, 0.3) is 0 Å². The van der Waals surface area contributed by atoms with Gasteiger partial charge in [0.05, 0.1) is 26.5 Å². The predicted molar refractivity (Wildman–Crippen MR) is 57.6 cm³/mol. The minimum Gasteiger partial charge on any atom is -0.464 e. The van der Waals surface area contributed by atoms with Crippen LogP contribution < -0.4 is 0 Å². The molecular formula is C9H12N4O5. The van der Waals surface area contributed by atoms with Crippen molar-refractivity contribution in [3.63, 3.8) is 0 Å². The van der Waals surface area contributed by atoms with E-state index in [2.05, 4.69) is 24.9 Å². The van der Waals surface area contributed by atoms with Crippen LogP contribution in [0, 0.1) is 0 Å². The number of hydrogen-bond acceptors (Lipinski definition) is 8. The van der Waals surface area contributed by atoms with Crippen molar-refractivity contribution in [2.24, 2.45) is 5.16 Å². The Kier molecular flexibility index (Phi) is 4.35. The van der Waals surface area contributed by atoms with Crippen LogP contribution in [-0.4, -0.2) is 52.1 Å². The highest BCUT2D eigenvalue weighted by Gasteiger charge is 2.26. The third-order valence-corrected chi connectivity index (χ3v) is 2.04. The zero-order valence-electron chi connectivity index (χ0n) is 10.1. The number of esters is 2. The molecule has 0 aliphatic rings. The lowest BCUT2D eigenvalue weighted by atomic mass is 10.3. The van der Waals surface area contributed by atoms with Gasteiger partial charge < -0.3 is 14.7 Å². The molecule has 0 bridgehead atoms. The minimum atomic E-state index is -0.805. The fourth-order valence-electron chi connectivity index (χ4n) is 1.20. The van der Waals surface area contributed by atoms with Gasteiger partial charge in [-0.3, -0.25) is 0 Å². The summed E-state index contributed by atoms with van der Waals surface area (Å²) in [6, 6.07) is 0. The van der Waals surface area contributed by atoms with Crippen molar-refractivity contribution in [3.05, 3.63) is 11.4 Å². The second-order valence-corrected chi connectivity index (χ2v) is 3.26. The SMILES string of the molecule is COC(=O)c1nnn(CC(C)=NO)c1C(=O)OC. The molecule has 0 atom stereocenters. The molecule has 0 saturated heterocycles. The van der Waals surface area contributed by atoms with Gasteiger partial charge in [-0.2, -0.15) is 0 Å². The highest BCUT2D eigenvalue weighted by molar-refractivity contribution is 6.00. The van der Waals surface area contributed by atoms with Gasteiger partial charge >= 0.3 is 11.9 Å². The lowest BCUT2D eigenvalue weighted by Crippen LogP contribution is -2.19. The third-order valence-electron chi connectivity index (χ3n) is 2.04. The lowest BCUT2D eigenvalue weighted by molar-refractivity contribution is 0.0544. The molecule has 0 amide bonds. The van der Waals surface area contributed by atoms with Crippen LogP contribution in [0.3, 0.4) is 0 Å². The van der Waals surface area contributed by atoms with E-state index in [1.165, 1.54) is 6.92 Å². The summed E-state index contributed by atoms with van der Waals surface area (Å²) in [4.78, 5) is 23.0. The number of oxime groups is 1. The Balaban J connectivity index is 3.23. The van der Waals surface area contributed by atoms with E-state index in [1.807, 2.05) is 0 Å². The Hall–Kier alpha value is -2.45. The van der Waals surface area contributed by atoms with Gasteiger partial charge in [0, 0.05) is 0 Å². The molecule has 1 N–H and O–H groups in total. The molecule has 1 aromatic rings. The van der Waals surface area contributed by atoms with Crippen LogP contribution in [-0.2, 0) is 16.0 Å². The molecule has 1 aromatic heterocycles. The molecule has 1 rings (SSSR count).